The van der Waals surface area contributed by atoms with Crippen molar-refractivity contribution in [3.63, 3.8) is 0 Å². The topological polar surface area (TPSA) is 62.7 Å². The van der Waals surface area contributed by atoms with Crippen LogP contribution in [0.5, 0.6) is 0 Å². The fourth-order valence-electron chi connectivity index (χ4n) is 1.73. The summed E-state index contributed by atoms with van der Waals surface area (Å²) in [4.78, 5) is 15.3. The maximum atomic E-state index is 11.0. The second-order valence-corrected chi connectivity index (χ2v) is 4.85. The van der Waals surface area contributed by atoms with E-state index in [1.165, 1.54) is 12.7 Å². The lowest BCUT2D eigenvalue weighted by Gasteiger charge is -2.23. The van der Waals surface area contributed by atoms with Crippen molar-refractivity contribution in [3.8, 4) is 0 Å². The standard InChI is InChI=1S/C12H14BrN3O2/c1-18-12(17)16-11-14-6-9(7-15-11)8-2-4-10(13)5-3-8/h2-5,9H,6-7H2,1H3,(H2,14,15,16,17). The molecule has 1 aromatic rings. The van der Waals surface area contributed by atoms with Gasteiger partial charge < -0.3 is 10.1 Å². The van der Waals surface area contributed by atoms with E-state index < -0.39 is 6.09 Å². The molecule has 0 bridgehead atoms. The Bertz CT molecular complexity index is 459. The number of hydrogen-bond donors (Lipinski definition) is 2. The van der Waals surface area contributed by atoms with E-state index >= 15 is 0 Å². The molecule has 1 atom stereocenters. The SMILES string of the molecule is COC(=O)NC1=NCC(c2ccc(Br)cc2)CN1. The fourth-order valence-corrected chi connectivity index (χ4v) is 2.00. The van der Waals surface area contributed by atoms with Gasteiger partial charge in [-0.25, -0.2) is 4.79 Å². The average Bonchev–Trinajstić information content (AvgIpc) is 2.40. The molecule has 0 aliphatic carbocycles. The molecule has 1 amide bonds. The molecule has 0 radical (unpaired) electrons. The Hall–Kier alpha value is -1.56. The molecule has 6 heteroatoms. The van der Waals surface area contributed by atoms with Gasteiger partial charge in [0.1, 0.15) is 0 Å². The van der Waals surface area contributed by atoms with E-state index in [1.54, 1.807) is 0 Å². The predicted octanol–water partition coefficient (Wildman–Crippen LogP) is 1.85. The normalized spacial score (nSPS) is 18.6. The van der Waals surface area contributed by atoms with Crippen molar-refractivity contribution in [1.82, 2.24) is 10.6 Å². The van der Waals surface area contributed by atoms with E-state index in [0.29, 0.717) is 18.4 Å². The summed E-state index contributed by atoms with van der Waals surface area (Å²) in [5.74, 6) is 0.788. The van der Waals surface area contributed by atoms with E-state index in [0.717, 1.165) is 11.0 Å². The second kappa shape index (κ2) is 5.86. The highest BCUT2D eigenvalue weighted by atomic mass is 79.9. The van der Waals surface area contributed by atoms with E-state index in [-0.39, 0.29) is 0 Å². The van der Waals surface area contributed by atoms with Crippen LogP contribution >= 0.6 is 15.9 Å². The third-order valence-electron chi connectivity index (χ3n) is 2.73. The Morgan fingerprint density at radius 3 is 2.78 bits per heavy atom. The minimum Gasteiger partial charge on any atom is -0.453 e. The van der Waals surface area contributed by atoms with Crippen LogP contribution in [0.15, 0.2) is 33.7 Å². The number of carbonyl (C=O) groups is 1. The first-order valence-electron chi connectivity index (χ1n) is 5.58. The largest absolute Gasteiger partial charge is 0.453 e. The number of aliphatic imine (C=N–C) groups is 1. The number of halogens is 1. The number of hydrogen-bond acceptors (Lipinski definition) is 4. The Kier molecular flexibility index (Phi) is 4.19. The maximum absolute atomic E-state index is 11.0. The number of benzene rings is 1. The first kappa shape index (κ1) is 12.9. The van der Waals surface area contributed by atoms with Gasteiger partial charge in [-0.05, 0) is 17.7 Å². The molecule has 1 heterocycles. The smallest absolute Gasteiger partial charge is 0.413 e. The van der Waals surface area contributed by atoms with Crippen LogP contribution in [0.3, 0.4) is 0 Å². The molecule has 2 rings (SSSR count). The van der Waals surface area contributed by atoms with Gasteiger partial charge in [0.25, 0.3) is 0 Å². The third kappa shape index (κ3) is 3.22. The van der Waals surface area contributed by atoms with Crippen LogP contribution in [-0.4, -0.2) is 32.3 Å². The molecular formula is C12H14BrN3O2. The summed E-state index contributed by atoms with van der Waals surface area (Å²) in [6.07, 6.45) is -0.511. The molecule has 96 valence electrons. The van der Waals surface area contributed by atoms with Gasteiger partial charge >= 0.3 is 6.09 Å². The first-order chi connectivity index (χ1) is 8.69. The van der Waals surface area contributed by atoms with Crippen LogP contribution < -0.4 is 10.6 Å². The third-order valence-corrected chi connectivity index (χ3v) is 3.26. The Labute approximate surface area is 114 Å². The van der Waals surface area contributed by atoms with Crippen molar-refractivity contribution in [2.75, 3.05) is 20.2 Å². The number of methoxy groups -OCH3 is 1. The second-order valence-electron chi connectivity index (χ2n) is 3.94. The Morgan fingerprint density at radius 1 is 1.50 bits per heavy atom. The number of amides is 1. The van der Waals surface area contributed by atoms with Crippen LogP contribution in [-0.2, 0) is 4.74 Å². The van der Waals surface area contributed by atoms with Crippen molar-refractivity contribution in [2.24, 2.45) is 4.99 Å². The fraction of sp³-hybridized carbons (Fsp3) is 0.333. The van der Waals surface area contributed by atoms with Crippen molar-refractivity contribution < 1.29 is 9.53 Å². The molecule has 1 unspecified atom stereocenters. The zero-order valence-electron chi connectivity index (χ0n) is 9.94. The van der Waals surface area contributed by atoms with Crippen LogP contribution in [0.25, 0.3) is 0 Å². The highest BCUT2D eigenvalue weighted by Crippen LogP contribution is 2.20. The van der Waals surface area contributed by atoms with E-state index in [2.05, 4.69) is 48.4 Å². The lowest BCUT2D eigenvalue weighted by molar-refractivity contribution is 0.176. The van der Waals surface area contributed by atoms with Crippen LogP contribution in [0.2, 0.25) is 0 Å². The Balaban J connectivity index is 1.97. The van der Waals surface area contributed by atoms with Crippen molar-refractivity contribution in [2.45, 2.75) is 5.92 Å². The zero-order valence-corrected chi connectivity index (χ0v) is 11.5. The maximum Gasteiger partial charge on any atom is 0.413 e. The molecule has 0 spiro atoms. The van der Waals surface area contributed by atoms with Gasteiger partial charge in [-0.2, -0.15) is 0 Å². The summed E-state index contributed by atoms with van der Waals surface area (Å²) in [6, 6.07) is 8.18. The molecule has 1 aromatic carbocycles. The average molecular weight is 312 g/mol. The summed E-state index contributed by atoms with van der Waals surface area (Å²) < 4.78 is 5.56. The number of alkyl carbamates (subject to hydrolysis) is 1. The van der Waals surface area contributed by atoms with Gasteiger partial charge in [-0.15, -0.1) is 0 Å². The number of guanidine groups is 1. The summed E-state index contributed by atoms with van der Waals surface area (Å²) in [6.45, 7) is 1.39. The van der Waals surface area contributed by atoms with E-state index in [4.69, 9.17) is 0 Å². The minimum absolute atomic E-state index is 0.321. The summed E-state index contributed by atoms with van der Waals surface area (Å²) in [5, 5.41) is 5.59. The molecule has 0 saturated heterocycles. The number of carbonyl (C=O) groups excluding carboxylic acids is 1. The lowest BCUT2D eigenvalue weighted by atomic mass is 9.98. The van der Waals surface area contributed by atoms with Crippen LogP contribution in [0.4, 0.5) is 4.79 Å². The van der Waals surface area contributed by atoms with Gasteiger partial charge in [0.15, 0.2) is 0 Å². The van der Waals surface area contributed by atoms with Crippen molar-refractivity contribution in [1.29, 1.82) is 0 Å². The van der Waals surface area contributed by atoms with Crippen molar-refractivity contribution >= 4 is 28.0 Å². The monoisotopic (exact) mass is 311 g/mol. The van der Waals surface area contributed by atoms with Crippen LogP contribution in [0.1, 0.15) is 11.5 Å². The van der Waals surface area contributed by atoms with Crippen molar-refractivity contribution in [3.05, 3.63) is 34.3 Å². The molecule has 0 fully saturated rings. The minimum atomic E-state index is -0.511. The molecular weight excluding hydrogens is 298 g/mol. The van der Waals surface area contributed by atoms with Gasteiger partial charge in [-0.3, -0.25) is 10.3 Å². The first-order valence-corrected chi connectivity index (χ1v) is 6.37. The molecule has 1 aliphatic heterocycles. The Morgan fingerprint density at radius 2 is 2.22 bits per heavy atom. The van der Waals surface area contributed by atoms with Gasteiger partial charge in [0, 0.05) is 16.9 Å². The summed E-state index contributed by atoms with van der Waals surface area (Å²) in [5.41, 5.74) is 1.23. The van der Waals surface area contributed by atoms with Gasteiger partial charge in [0.05, 0.1) is 13.7 Å². The van der Waals surface area contributed by atoms with E-state index in [1.807, 2.05) is 12.1 Å². The molecule has 1 aliphatic rings. The highest BCUT2D eigenvalue weighted by Gasteiger charge is 2.17. The number of rotatable bonds is 1. The lowest BCUT2D eigenvalue weighted by Crippen LogP contribution is -2.45. The molecule has 2 N–H and O–H groups in total. The van der Waals surface area contributed by atoms with Crippen LogP contribution in [0, 0.1) is 0 Å². The molecule has 5 nitrogen and oxygen atoms in total. The van der Waals surface area contributed by atoms with E-state index in [9.17, 15) is 4.79 Å². The predicted molar refractivity (Wildman–Crippen MR) is 72.7 cm³/mol. The molecule has 0 saturated carbocycles. The quantitative estimate of drug-likeness (QED) is 0.832. The van der Waals surface area contributed by atoms with Gasteiger partial charge in [-0.1, -0.05) is 28.1 Å². The number of nitrogens with zero attached hydrogens (tertiary/aromatic N) is 1. The molecule has 0 aromatic heterocycles. The van der Waals surface area contributed by atoms with Gasteiger partial charge in [0.2, 0.25) is 5.96 Å². The number of ether oxygens (including phenoxy) is 1. The summed E-state index contributed by atoms with van der Waals surface area (Å²) >= 11 is 3.41. The summed E-state index contributed by atoms with van der Waals surface area (Å²) in [7, 11) is 1.32. The highest BCUT2D eigenvalue weighted by molar-refractivity contribution is 9.10. The zero-order chi connectivity index (χ0) is 13.0. The molecule has 18 heavy (non-hydrogen) atoms. The number of nitrogens with one attached hydrogen (secondary N) is 2.